The molecule has 0 radical (unpaired) electrons. The normalized spacial score (nSPS) is 17.7. The van der Waals surface area contributed by atoms with Gasteiger partial charge in [0.15, 0.2) is 5.78 Å². The van der Waals surface area contributed by atoms with Crippen molar-refractivity contribution in [2.75, 3.05) is 0 Å². The molecule has 2 nitrogen and oxygen atoms in total. The number of rotatable bonds is 6. The van der Waals surface area contributed by atoms with Crippen molar-refractivity contribution in [2.45, 2.75) is 58.5 Å². The minimum Gasteiger partial charge on any atom is -0.357 e. The van der Waals surface area contributed by atoms with Gasteiger partial charge in [0.25, 0.3) is 0 Å². The van der Waals surface area contributed by atoms with Gasteiger partial charge in [-0.2, -0.15) is 0 Å². The second kappa shape index (κ2) is 6.80. The average molecular weight is 321 g/mol. The van der Waals surface area contributed by atoms with Gasteiger partial charge in [-0.25, -0.2) is 0 Å². The summed E-state index contributed by atoms with van der Waals surface area (Å²) in [6.07, 6.45) is 7.68. The molecule has 1 aromatic carbocycles. The Balaban J connectivity index is 1.83. The van der Waals surface area contributed by atoms with Gasteiger partial charge in [0, 0.05) is 17.8 Å². The fourth-order valence-electron chi connectivity index (χ4n) is 3.83. The maximum absolute atomic E-state index is 12.2. The molecule has 1 heterocycles. The number of carbonyl (C=O) groups excluding carboxylic acids is 1. The van der Waals surface area contributed by atoms with Crippen LogP contribution in [0.3, 0.4) is 0 Å². The standard InChI is InChI=1S/C22H27NO/c1-15(2)9-12-22(17(4)24)23-14-20-13-19(18-7-5-6-8-18)10-11-21(20)16(23)3/h7,10-11,13,22H,1,3,5-6,8-9,12,14H2,2,4H3. The third-order valence-corrected chi connectivity index (χ3v) is 5.21. The largest absolute Gasteiger partial charge is 0.357 e. The summed E-state index contributed by atoms with van der Waals surface area (Å²) in [5.74, 6) is 0.212. The van der Waals surface area contributed by atoms with Crippen LogP contribution >= 0.6 is 0 Å². The van der Waals surface area contributed by atoms with Crippen LogP contribution in [0.15, 0.2) is 43.0 Å². The van der Waals surface area contributed by atoms with Crippen molar-refractivity contribution in [1.29, 1.82) is 0 Å². The molecule has 0 aromatic heterocycles. The van der Waals surface area contributed by atoms with Crippen molar-refractivity contribution in [3.05, 3.63) is 59.7 Å². The van der Waals surface area contributed by atoms with Crippen molar-refractivity contribution >= 4 is 17.1 Å². The second-order valence-corrected chi connectivity index (χ2v) is 7.19. The van der Waals surface area contributed by atoms with Crippen molar-refractivity contribution in [2.24, 2.45) is 0 Å². The lowest BCUT2D eigenvalue weighted by atomic mass is 9.99. The fourth-order valence-corrected chi connectivity index (χ4v) is 3.83. The Morgan fingerprint density at radius 1 is 1.33 bits per heavy atom. The highest BCUT2D eigenvalue weighted by Gasteiger charge is 2.31. The zero-order chi connectivity index (χ0) is 17.3. The highest BCUT2D eigenvalue weighted by atomic mass is 16.1. The van der Waals surface area contributed by atoms with Crippen molar-refractivity contribution < 1.29 is 4.79 Å². The number of ketones is 1. The summed E-state index contributed by atoms with van der Waals surface area (Å²) in [6.45, 7) is 12.7. The average Bonchev–Trinajstić information content (AvgIpc) is 3.16. The number of hydrogen-bond donors (Lipinski definition) is 0. The number of benzene rings is 1. The lowest BCUT2D eigenvalue weighted by Crippen LogP contribution is -2.35. The zero-order valence-electron chi connectivity index (χ0n) is 14.9. The minimum absolute atomic E-state index is 0.101. The quantitative estimate of drug-likeness (QED) is 0.658. The number of allylic oxidation sites excluding steroid dienone is 3. The van der Waals surface area contributed by atoms with Crippen LogP contribution in [0.25, 0.3) is 11.3 Å². The molecule has 0 saturated heterocycles. The Hall–Kier alpha value is -2.09. The van der Waals surface area contributed by atoms with E-state index in [2.05, 4.69) is 42.3 Å². The lowest BCUT2D eigenvalue weighted by molar-refractivity contribution is -0.121. The van der Waals surface area contributed by atoms with Crippen LogP contribution in [0.2, 0.25) is 0 Å². The molecule has 2 aliphatic rings. The van der Waals surface area contributed by atoms with Gasteiger partial charge in [0.05, 0.1) is 6.04 Å². The number of Topliss-reactive ketones (excluding diaryl/α,β-unsaturated/α-hetero) is 1. The molecule has 0 bridgehead atoms. The van der Waals surface area contributed by atoms with E-state index in [1.807, 2.05) is 6.92 Å². The molecule has 3 rings (SSSR count). The first kappa shape index (κ1) is 16.8. The van der Waals surface area contributed by atoms with Crippen LogP contribution in [0.5, 0.6) is 0 Å². The summed E-state index contributed by atoms with van der Waals surface area (Å²) in [5, 5.41) is 0. The summed E-state index contributed by atoms with van der Waals surface area (Å²) < 4.78 is 0. The van der Waals surface area contributed by atoms with Crippen molar-refractivity contribution in [3.63, 3.8) is 0 Å². The molecule has 2 heteroatoms. The SMILES string of the molecule is C=C(C)CCC(C(C)=O)N1Cc2cc(C3=CCCC3)ccc2C1=C. The number of nitrogens with zero attached hydrogens (tertiary/aromatic N) is 1. The van der Waals surface area contributed by atoms with Crippen LogP contribution < -0.4 is 0 Å². The molecule has 1 aromatic rings. The van der Waals surface area contributed by atoms with E-state index in [9.17, 15) is 4.79 Å². The van der Waals surface area contributed by atoms with E-state index in [0.29, 0.717) is 0 Å². The first-order valence-corrected chi connectivity index (χ1v) is 8.90. The summed E-state index contributed by atoms with van der Waals surface area (Å²) in [7, 11) is 0. The molecule has 1 unspecified atom stereocenters. The monoisotopic (exact) mass is 321 g/mol. The first-order valence-electron chi connectivity index (χ1n) is 8.90. The molecule has 0 fully saturated rings. The van der Waals surface area contributed by atoms with Crippen molar-refractivity contribution in [1.82, 2.24) is 4.90 Å². The van der Waals surface area contributed by atoms with Crippen LogP contribution in [-0.2, 0) is 11.3 Å². The van der Waals surface area contributed by atoms with E-state index in [0.717, 1.165) is 30.7 Å². The van der Waals surface area contributed by atoms with Gasteiger partial charge >= 0.3 is 0 Å². The maximum Gasteiger partial charge on any atom is 0.152 e. The fraction of sp³-hybridized carbons (Fsp3) is 0.409. The van der Waals surface area contributed by atoms with Gasteiger partial charge < -0.3 is 4.90 Å². The third kappa shape index (κ3) is 3.24. The van der Waals surface area contributed by atoms with Crippen LogP contribution in [0, 0.1) is 0 Å². The Kier molecular flexibility index (Phi) is 4.75. The van der Waals surface area contributed by atoms with Gasteiger partial charge in [-0.3, -0.25) is 4.79 Å². The molecular weight excluding hydrogens is 294 g/mol. The first-order chi connectivity index (χ1) is 11.5. The van der Waals surface area contributed by atoms with Gasteiger partial charge in [0.1, 0.15) is 0 Å². The molecule has 1 atom stereocenters. The second-order valence-electron chi connectivity index (χ2n) is 7.19. The Bertz CT molecular complexity index is 725. The van der Waals surface area contributed by atoms with Gasteiger partial charge in [-0.15, -0.1) is 6.58 Å². The molecule has 0 spiro atoms. The predicted octanol–water partition coefficient (Wildman–Crippen LogP) is 5.35. The van der Waals surface area contributed by atoms with Gasteiger partial charge in [0.2, 0.25) is 0 Å². The van der Waals surface area contributed by atoms with E-state index >= 15 is 0 Å². The smallest absolute Gasteiger partial charge is 0.152 e. The Morgan fingerprint density at radius 2 is 2.12 bits per heavy atom. The molecule has 126 valence electrons. The summed E-state index contributed by atoms with van der Waals surface area (Å²) >= 11 is 0. The Labute approximate surface area is 145 Å². The molecule has 1 aliphatic heterocycles. The van der Waals surface area contributed by atoms with Crippen molar-refractivity contribution in [3.8, 4) is 0 Å². The highest BCUT2D eigenvalue weighted by Crippen LogP contribution is 2.37. The molecule has 1 aliphatic carbocycles. The number of carbonyl (C=O) groups is 1. The van der Waals surface area contributed by atoms with Crippen LogP contribution in [0.4, 0.5) is 0 Å². The lowest BCUT2D eigenvalue weighted by Gasteiger charge is -2.28. The van der Waals surface area contributed by atoms with E-state index in [4.69, 9.17) is 0 Å². The molecule has 0 amide bonds. The van der Waals surface area contributed by atoms with E-state index in [-0.39, 0.29) is 11.8 Å². The molecule has 0 N–H and O–H groups in total. The minimum atomic E-state index is -0.101. The number of fused-ring (bicyclic) bond motifs is 1. The van der Waals surface area contributed by atoms with Gasteiger partial charge in [-0.05, 0) is 68.7 Å². The highest BCUT2D eigenvalue weighted by molar-refractivity contribution is 5.85. The van der Waals surface area contributed by atoms with Gasteiger partial charge in [-0.1, -0.05) is 30.4 Å². The maximum atomic E-state index is 12.2. The van der Waals surface area contributed by atoms with E-state index in [1.54, 1.807) is 6.92 Å². The van der Waals surface area contributed by atoms with E-state index in [1.165, 1.54) is 41.5 Å². The third-order valence-electron chi connectivity index (χ3n) is 5.21. The van der Waals surface area contributed by atoms with Crippen LogP contribution in [0.1, 0.15) is 62.6 Å². The topological polar surface area (TPSA) is 20.3 Å². The van der Waals surface area contributed by atoms with E-state index < -0.39 is 0 Å². The predicted molar refractivity (Wildman–Crippen MR) is 101 cm³/mol. The van der Waals surface area contributed by atoms with Crippen LogP contribution in [-0.4, -0.2) is 16.7 Å². The summed E-state index contributed by atoms with van der Waals surface area (Å²) in [5.41, 5.74) is 7.40. The summed E-state index contributed by atoms with van der Waals surface area (Å²) in [4.78, 5) is 14.4. The Morgan fingerprint density at radius 3 is 2.75 bits per heavy atom. The molecule has 0 saturated carbocycles. The summed E-state index contributed by atoms with van der Waals surface area (Å²) in [6, 6.07) is 6.59. The number of hydrogen-bond acceptors (Lipinski definition) is 2. The zero-order valence-corrected chi connectivity index (χ0v) is 14.9. The molecular formula is C22H27NO. The molecule has 24 heavy (non-hydrogen) atoms.